The Kier molecular flexibility index (Phi) is 3.57. The van der Waals surface area contributed by atoms with Gasteiger partial charge >= 0.3 is 4.83 Å². The van der Waals surface area contributed by atoms with Crippen molar-refractivity contribution in [3.8, 4) is 5.75 Å². The zero-order valence-corrected chi connectivity index (χ0v) is 9.45. The van der Waals surface area contributed by atoms with Gasteiger partial charge in [-0.15, -0.1) is 0 Å². The molecule has 1 aromatic carbocycles. The van der Waals surface area contributed by atoms with Crippen LogP contribution in [0.25, 0.3) is 0 Å². The summed E-state index contributed by atoms with van der Waals surface area (Å²) in [5, 5.41) is 0. The number of rotatable bonds is 3. The summed E-state index contributed by atoms with van der Waals surface area (Å²) in [6.07, 6.45) is 0. The number of carbonyl (C=O) groups is 1. The molecule has 0 aliphatic rings. The molecule has 0 atom stereocenters. The standard InChI is InChI=1S/C9H5BrF4O2/c1-16-7-3-5(11)4(2-6(7)12)8(15)9(10,13)14/h2-3H,1H3. The van der Waals surface area contributed by atoms with Crippen molar-refractivity contribution in [2.45, 2.75) is 4.83 Å². The first-order chi connectivity index (χ1) is 7.27. The summed E-state index contributed by atoms with van der Waals surface area (Å²) in [5.74, 6) is -4.69. The number of alkyl halides is 3. The van der Waals surface area contributed by atoms with Gasteiger partial charge in [0, 0.05) is 6.07 Å². The van der Waals surface area contributed by atoms with E-state index in [1.54, 1.807) is 15.9 Å². The molecule has 0 unspecified atom stereocenters. The third-order valence-electron chi connectivity index (χ3n) is 1.74. The highest BCUT2D eigenvalue weighted by Crippen LogP contribution is 2.30. The molecule has 0 saturated heterocycles. The molecule has 0 bridgehead atoms. The number of ether oxygens (including phenoxy) is 1. The molecule has 1 rings (SSSR count). The molecule has 0 radical (unpaired) electrons. The molecule has 0 N–H and O–H groups in total. The van der Waals surface area contributed by atoms with Gasteiger partial charge in [-0.1, -0.05) is 0 Å². The topological polar surface area (TPSA) is 26.3 Å². The lowest BCUT2D eigenvalue weighted by atomic mass is 10.1. The smallest absolute Gasteiger partial charge is 0.363 e. The van der Waals surface area contributed by atoms with Gasteiger partial charge in [-0.25, -0.2) is 8.78 Å². The Balaban J connectivity index is 3.27. The van der Waals surface area contributed by atoms with E-state index in [4.69, 9.17) is 0 Å². The first-order valence-corrected chi connectivity index (χ1v) is 4.71. The van der Waals surface area contributed by atoms with Gasteiger partial charge in [0.2, 0.25) is 5.78 Å². The lowest BCUT2D eigenvalue weighted by Crippen LogP contribution is -2.22. The highest BCUT2D eigenvalue weighted by molar-refractivity contribution is 9.10. The largest absolute Gasteiger partial charge is 0.494 e. The SMILES string of the molecule is COc1cc(F)c(C(=O)C(F)(F)Br)cc1F. The first kappa shape index (κ1) is 13.0. The van der Waals surface area contributed by atoms with Gasteiger partial charge in [-0.05, 0) is 22.0 Å². The second kappa shape index (κ2) is 4.40. The third-order valence-corrected chi connectivity index (χ3v) is 2.10. The minimum atomic E-state index is -3.94. The lowest BCUT2D eigenvalue weighted by Gasteiger charge is -2.09. The van der Waals surface area contributed by atoms with Crippen molar-refractivity contribution in [3.05, 3.63) is 29.3 Å². The molecule has 0 heterocycles. The van der Waals surface area contributed by atoms with Crippen molar-refractivity contribution in [1.29, 1.82) is 0 Å². The monoisotopic (exact) mass is 300 g/mol. The molecule has 88 valence electrons. The zero-order valence-electron chi connectivity index (χ0n) is 7.86. The highest BCUT2D eigenvalue weighted by Gasteiger charge is 2.38. The highest BCUT2D eigenvalue weighted by atomic mass is 79.9. The van der Waals surface area contributed by atoms with Crippen LogP contribution < -0.4 is 4.74 Å². The van der Waals surface area contributed by atoms with Crippen LogP contribution >= 0.6 is 15.9 Å². The van der Waals surface area contributed by atoms with Crippen LogP contribution in [0.15, 0.2) is 12.1 Å². The van der Waals surface area contributed by atoms with Gasteiger partial charge < -0.3 is 4.74 Å². The molecular weight excluding hydrogens is 296 g/mol. The molecule has 1 aromatic rings. The van der Waals surface area contributed by atoms with Crippen LogP contribution in [0.1, 0.15) is 10.4 Å². The Labute approximate surface area is 96.3 Å². The van der Waals surface area contributed by atoms with Crippen LogP contribution in [-0.2, 0) is 0 Å². The van der Waals surface area contributed by atoms with Gasteiger partial charge in [0.15, 0.2) is 11.6 Å². The van der Waals surface area contributed by atoms with Gasteiger partial charge in [0.25, 0.3) is 0 Å². The molecule has 0 saturated carbocycles. The molecule has 0 aliphatic heterocycles. The van der Waals surface area contributed by atoms with Crippen LogP contribution in [0.2, 0.25) is 0 Å². The van der Waals surface area contributed by atoms with Crippen molar-refractivity contribution >= 4 is 21.7 Å². The minimum absolute atomic E-state index is 0.367. The van der Waals surface area contributed by atoms with E-state index in [0.29, 0.717) is 12.1 Å². The summed E-state index contributed by atoms with van der Waals surface area (Å²) < 4.78 is 55.8. The Morgan fingerprint density at radius 2 is 1.88 bits per heavy atom. The molecule has 0 aromatic heterocycles. The molecule has 7 heteroatoms. The summed E-state index contributed by atoms with van der Waals surface area (Å²) >= 11 is 1.77. The summed E-state index contributed by atoms with van der Waals surface area (Å²) in [6.45, 7) is 0. The van der Waals surface area contributed by atoms with Gasteiger partial charge in [0.1, 0.15) is 5.82 Å². The van der Waals surface area contributed by atoms with Crippen molar-refractivity contribution in [1.82, 2.24) is 0 Å². The summed E-state index contributed by atoms with van der Waals surface area (Å²) in [4.78, 5) is 7.06. The lowest BCUT2D eigenvalue weighted by molar-refractivity contribution is 0.0587. The Hall–Kier alpha value is -1.11. The maximum atomic E-state index is 13.2. The number of halogens is 5. The van der Waals surface area contributed by atoms with Crippen molar-refractivity contribution < 1.29 is 27.1 Å². The van der Waals surface area contributed by atoms with E-state index in [2.05, 4.69) is 4.74 Å². The van der Waals surface area contributed by atoms with Crippen LogP contribution in [0.5, 0.6) is 5.75 Å². The molecule has 0 amide bonds. The van der Waals surface area contributed by atoms with Crippen molar-refractivity contribution in [3.63, 3.8) is 0 Å². The molecule has 0 fully saturated rings. The van der Waals surface area contributed by atoms with Crippen molar-refractivity contribution in [2.24, 2.45) is 0 Å². The Bertz CT molecular complexity index is 428. The van der Waals surface area contributed by atoms with E-state index in [1.807, 2.05) is 0 Å². The number of ketones is 1. The maximum absolute atomic E-state index is 13.2. The molecule has 2 nitrogen and oxygen atoms in total. The Morgan fingerprint density at radius 1 is 1.31 bits per heavy atom. The average molecular weight is 301 g/mol. The van der Waals surface area contributed by atoms with E-state index in [0.717, 1.165) is 7.11 Å². The molecule has 16 heavy (non-hydrogen) atoms. The molecule has 0 spiro atoms. The third kappa shape index (κ3) is 2.52. The Morgan fingerprint density at radius 3 is 2.31 bits per heavy atom. The predicted molar refractivity (Wildman–Crippen MR) is 51.1 cm³/mol. The van der Waals surface area contributed by atoms with Gasteiger partial charge in [-0.3, -0.25) is 4.79 Å². The fraction of sp³-hybridized carbons (Fsp3) is 0.222. The minimum Gasteiger partial charge on any atom is -0.494 e. The fourth-order valence-electron chi connectivity index (χ4n) is 1.01. The quantitative estimate of drug-likeness (QED) is 0.487. The van der Waals surface area contributed by atoms with Crippen LogP contribution in [0.3, 0.4) is 0 Å². The average Bonchev–Trinajstić information content (AvgIpc) is 2.18. The number of benzene rings is 1. The molecular formula is C9H5BrF4O2. The van der Waals surface area contributed by atoms with Crippen molar-refractivity contribution in [2.75, 3.05) is 7.11 Å². The normalized spacial score (nSPS) is 11.4. The van der Waals surface area contributed by atoms with Gasteiger partial charge in [0.05, 0.1) is 12.7 Å². The number of carbonyl (C=O) groups excluding carboxylic acids is 1. The predicted octanol–water partition coefficient (Wildman–Crippen LogP) is 3.14. The second-order valence-corrected chi connectivity index (χ2v) is 3.79. The number of Topliss-reactive ketones (excluding diaryl/α,β-unsaturated/α-hetero) is 1. The maximum Gasteiger partial charge on any atom is 0.363 e. The number of methoxy groups -OCH3 is 1. The van der Waals surface area contributed by atoms with E-state index >= 15 is 0 Å². The summed E-state index contributed by atoms with van der Waals surface area (Å²) in [7, 11) is 1.08. The fourth-order valence-corrected chi connectivity index (χ4v) is 1.23. The summed E-state index contributed by atoms with van der Waals surface area (Å²) in [5.41, 5.74) is -1.04. The van der Waals surface area contributed by atoms with E-state index in [9.17, 15) is 22.4 Å². The van der Waals surface area contributed by atoms with Crippen LogP contribution in [-0.4, -0.2) is 17.7 Å². The van der Waals surface area contributed by atoms with E-state index in [-0.39, 0.29) is 0 Å². The van der Waals surface area contributed by atoms with E-state index in [1.165, 1.54) is 0 Å². The summed E-state index contributed by atoms with van der Waals surface area (Å²) in [6, 6.07) is 0.896. The molecule has 0 aliphatic carbocycles. The number of hydrogen-bond donors (Lipinski definition) is 0. The second-order valence-electron chi connectivity index (χ2n) is 2.79. The number of hydrogen-bond acceptors (Lipinski definition) is 2. The first-order valence-electron chi connectivity index (χ1n) is 3.92. The zero-order chi connectivity index (χ0) is 12.5. The van der Waals surface area contributed by atoms with Crippen LogP contribution in [0.4, 0.5) is 17.6 Å². The van der Waals surface area contributed by atoms with E-state index < -0.39 is 33.6 Å². The van der Waals surface area contributed by atoms with Gasteiger partial charge in [-0.2, -0.15) is 8.78 Å². The van der Waals surface area contributed by atoms with Crippen LogP contribution in [0, 0.1) is 11.6 Å².